The van der Waals surface area contributed by atoms with Gasteiger partial charge in [-0.15, -0.1) is 0 Å². The predicted octanol–water partition coefficient (Wildman–Crippen LogP) is 0.331. The molecule has 0 aromatic heterocycles. The first-order valence-electron chi connectivity index (χ1n) is 3.88. The third kappa shape index (κ3) is 0.968. The number of nitrogens with zero attached hydrogens (tertiary/aromatic N) is 2. The first-order chi connectivity index (χ1) is 4.97. The fourth-order valence-electron chi connectivity index (χ4n) is 1.49. The van der Waals surface area contributed by atoms with E-state index in [-0.39, 0.29) is 0 Å². The molecular weight excluding hydrogens is 126 g/mol. The molecule has 0 spiro atoms. The van der Waals surface area contributed by atoms with Gasteiger partial charge in [0.05, 0.1) is 0 Å². The molecule has 0 saturated carbocycles. The maximum Gasteiger partial charge on any atom is 0.102 e. The highest BCUT2D eigenvalue weighted by Gasteiger charge is 2.17. The van der Waals surface area contributed by atoms with Gasteiger partial charge in [0.2, 0.25) is 0 Å². The maximum absolute atomic E-state index is 3.15. The molecule has 10 heavy (non-hydrogen) atoms. The van der Waals surface area contributed by atoms with Crippen LogP contribution in [0.2, 0.25) is 0 Å². The fraction of sp³-hybridized carbons (Fsp3) is 0.714. The molecular formula is C7H13N3. The van der Waals surface area contributed by atoms with Crippen LogP contribution in [0.5, 0.6) is 0 Å². The summed E-state index contributed by atoms with van der Waals surface area (Å²) in [6, 6.07) is 0. The van der Waals surface area contributed by atoms with Gasteiger partial charge in [-0.3, -0.25) is 5.01 Å². The Labute approximate surface area is 61.3 Å². The average molecular weight is 139 g/mol. The normalized spacial score (nSPS) is 25.8. The lowest BCUT2D eigenvalue weighted by atomic mass is 10.4. The van der Waals surface area contributed by atoms with Gasteiger partial charge in [-0.05, 0) is 12.8 Å². The molecule has 3 nitrogen and oxygen atoms in total. The van der Waals surface area contributed by atoms with E-state index in [9.17, 15) is 0 Å². The zero-order valence-electron chi connectivity index (χ0n) is 6.08. The van der Waals surface area contributed by atoms with Crippen LogP contribution < -0.4 is 5.32 Å². The quantitative estimate of drug-likeness (QED) is 0.565. The molecule has 0 atom stereocenters. The lowest BCUT2D eigenvalue weighted by Gasteiger charge is -2.26. The highest BCUT2D eigenvalue weighted by atomic mass is 15.6. The van der Waals surface area contributed by atoms with Crippen molar-refractivity contribution in [2.75, 3.05) is 19.8 Å². The molecule has 0 unspecified atom stereocenters. The third-order valence-electron chi connectivity index (χ3n) is 2.06. The van der Waals surface area contributed by atoms with E-state index < -0.39 is 0 Å². The molecule has 2 heterocycles. The number of hydrogen-bond acceptors (Lipinski definition) is 3. The summed E-state index contributed by atoms with van der Waals surface area (Å²) in [5.74, 6) is 0. The highest BCUT2D eigenvalue weighted by molar-refractivity contribution is 4.86. The monoisotopic (exact) mass is 139 g/mol. The Hall–Kier alpha value is -0.700. The molecule has 2 aliphatic rings. The van der Waals surface area contributed by atoms with E-state index in [4.69, 9.17) is 0 Å². The molecule has 0 aromatic rings. The van der Waals surface area contributed by atoms with Crippen LogP contribution in [-0.4, -0.2) is 29.8 Å². The summed E-state index contributed by atoms with van der Waals surface area (Å²) < 4.78 is 0. The Balaban J connectivity index is 1.91. The molecule has 0 radical (unpaired) electrons. The lowest BCUT2D eigenvalue weighted by molar-refractivity contribution is 0.0549. The Kier molecular flexibility index (Phi) is 1.51. The van der Waals surface area contributed by atoms with Gasteiger partial charge in [0.15, 0.2) is 0 Å². The van der Waals surface area contributed by atoms with Crippen molar-refractivity contribution in [2.24, 2.45) is 0 Å². The van der Waals surface area contributed by atoms with Crippen molar-refractivity contribution in [3.63, 3.8) is 0 Å². The summed E-state index contributed by atoms with van der Waals surface area (Å²) >= 11 is 0. The zero-order valence-corrected chi connectivity index (χ0v) is 6.08. The van der Waals surface area contributed by atoms with Crippen molar-refractivity contribution < 1.29 is 0 Å². The van der Waals surface area contributed by atoms with Crippen molar-refractivity contribution in [1.82, 2.24) is 15.3 Å². The zero-order chi connectivity index (χ0) is 6.81. The Morgan fingerprint density at radius 3 is 2.60 bits per heavy atom. The van der Waals surface area contributed by atoms with E-state index in [0.29, 0.717) is 0 Å². The molecule has 0 amide bonds. The summed E-state index contributed by atoms with van der Waals surface area (Å²) in [4.78, 5) is 0. The van der Waals surface area contributed by atoms with Crippen molar-refractivity contribution in [1.29, 1.82) is 0 Å². The summed E-state index contributed by atoms with van der Waals surface area (Å²) in [6.07, 6.45) is 6.80. The maximum atomic E-state index is 3.15. The van der Waals surface area contributed by atoms with Gasteiger partial charge in [-0.25, -0.2) is 5.01 Å². The molecule has 1 fully saturated rings. The summed E-state index contributed by atoms with van der Waals surface area (Å²) in [7, 11) is 0. The fourth-order valence-corrected chi connectivity index (χ4v) is 1.49. The van der Waals surface area contributed by atoms with Gasteiger partial charge in [0, 0.05) is 25.5 Å². The predicted molar refractivity (Wildman–Crippen MR) is 39.8 cm³/mol. The molecule has 1 saturated heterocycles. The van der Waals surface area contributed by atoms with Crippen molar-refractivity contribution in [2.45, 2.75) is 12.8 Å². The molecule has 1 N–H and O–H groups in total. The largest absolute Gasteiger partial charge is 0.371 e. The molecule has 2 aliphatic heterocycles. The highest BCUT2D eigenvalue weighted by Crippen LogP contribution is 2.11. The summed E-state index contributed by atoms with van der Waals surface area (Å²) in [5, 5.41) is 7.78. The second kappa shape index (κ2) is 2.50. The van der Waals surface area contributed by atoms with Crippen molar-refractivity contribution >= 4 is 0 Å². The summed E-state index contributed by atoms with van der Waals surface area (Å²) in [6.45, 7) is 3.41. The number of rotatable bonds is 1. The second-order valence-corrected chi connectivity index (χ2v) is 2.78. The van der Waals surface area contributed by atoms with E-state index in [0.717, 1.165) is 6.67 Å². The van der Waals surface area contributed by atoms with E-state index in [1.165, 1.54) is 25.9 Å². The second-order valence-electron chi connectivity index (χ2n) is 2.78. The molecule has 3 heteroatoms. The van der Waals surface area contributed by atoms with E-state index in [1.807, 2.05) is 6.20 Å². The molecule has 56 valence electrons. The Morgan fingerprint density at radius 1 is 1.20 bits per heavy atom. The first kappa shape index (κ1) is 6.04. The van der Waals surface area contributed by atoms with Gasteiger partial charge in [-0.2, -0.15) is 0 Å². The van der Waals surface area contributed by atoms with Crippen LogP contribution in [-0.2, 0) is 0 Å². The number of hydrogen-bond donors (Lipinski definition) is 1. The molecule has 0 aromatic carbocycles. The first-order valence-corrected chi connectivity index (χ1v) is 3.88. The van der Waals surface area contributed by atoms with Crippen LogP contribution in [0, 0.1) is 0 Å². The molecule has 0 aliphatic carbocycles. The molecule has 2 rings (SSSR count). The van der Waals surface area contributed by atoms with Gasteiger partial charge >= 0.3 is 0 Å². The van der Waals surface area contributed by atoms with E-state index >= 15 is 0 Å². The van der Waals surface area contributed by atoms with Crippen LogP contribution in [0.25, 0.3) is 0 Å². The van der Waals surface area contributed by atoms with E-state index in [1.54, 1.807) is 0 Å². The SMILES string of the molecule is C1=CN(N2CCCC2)CN1. The minimum Gasteiger partial charge on any atom is -0.371 e. The topological polar surface area (TPSA) is 18.5 Å². The lowest BCUT2D eigenvalue weighted by Crippen LogP contribution is -2.37. The average Bonchev–Trinajstić information content (AvgIpc) is 2.59. The summed E-state index contributed by atoms with van der Waals surface area (Å²) in [5.41, 5.74) is 0. The van der Waals surface area contributed by atoms with E-state index in [2.05, 4.69) is 21.5 Å². The van der Waals surface area contributed by atoms with Crippen LogP contribution in [0.1, 0.15) is 12.8 Å². The van der Waals surface area contributed by atoms with Crippen LogP contribution in [0.15, 0.2) is 12.4 Å². The van der Waals surface area contributed by atoms with Gasteiger partial charge in [-0.1, -0.05) is 0 Å². The van der Waals surface area contributed by atoms with Crippen LogP contribution in [0.4, 0.5) is 0 Å². The van der Waals surface area contributed by atoms with Gasteiger partial charge < -0.3 is 5.32 Å². The van der Waals surface area contributed by atoms with Gasteiger partial charge in [0.1, 0.15) is 6.67 Å². The standard InChI is InChI=1S/C7H13N3/c1-2-5-9(4-1)10-6-3-8-7-10/h3,6,8H,1-2,4-5,7H2. The van der Waals surface area contributed by atoms with Crippen molar-refractivity contribution in [3.8, 4) is 0 Å². The van der Waals surface area contributed by atoms with Crippen LogP contribution >= 0.6 is 0 Å². The molecule has 0 bridgehead atoms. The third-order valence-corrected chi connectivity index (χ3v) is 2.06. The Bertz CT molecular complexity index is 138. The minimum absolute atomic E-state index is 0.958. The van der Waals surface area contributed by atoms with Crippen LogP contribution in [0.3, 0.4) is 0 Å². The Morgan fingerprint density at radius 2 is 2.00 bits per heavy atom. The van der Waals surface area contributed by atoms with Gasteiger partial charge in [0.25, 0.3) is 0 Å². The minimum atomic E-state index is 0.958. The number of nitrogens with one attached hydrogen (secondary N) is 1. The van der Waals surface area contributed by atoms with Crippen molar-refractivity contribution in [3.05, 3.63) is 12.4 Å². The smallest absolute Gasteiger partial charge is 0.102 e. The number of hydrazine groups is 1.